The van der Waals surface area contributed by atoms with E-state index in [1.807, 2.05) is 30.3 Å². The van der Waals surface area contributed by atoms with Crippen molar-refractivity contribution < 1.29 is 14.3 Å². The number of carbonyl (C=O) groups is 1. The minimum absolute atomic E-state index is 0.207. The first kappa shape index (κ1) is 19.5. The number of nitrogens with zero attached hydrogens (tertiary/aromatic N) is 2. The van der Waals surface area contributed by atoms with Gasteiger partial charge in [0.2, 0.25) is 0 Å². The van der Waals surface area contributed by atoms with Crippen LogP contribution in [0, 0.1) is 5.82 Å². The molecule has 6 nitrogen and oxygen atoms in total. The van der Waals surface area contributed by atoms with Crippen LogP contribution in [0.3, 0.4) is 0 Å². The number of halogens is 1. The molecule has 0 saturated carbocycles. The quantitative estimate of drug-likeness (QED) is 0.458. The lowest BCUT2D eigenvalue weighted by Gasteiger charge is -2.16. The second-order valence-corrected chi connectivity index (χ2v) is 6.71. The molecule has 30 heavy (non-hydrogen) atoms. The SMILES string of the molecule is O=C(NC(CO)c1ccccc1)c1ccc2[nH]nc(/C=C/c3cccc(F)c3)c2n1. The minimum atomic E-state index is -0.534. The van der Waals surface area contributed by atoms with E-state index in [9.17, 15) is 14.3 Å². The number of hydrogen-bond donors (Lipinski definition) is 3. The molecule has 2 aromatic carbocycles. The zero-order valence-corrected chi connectivity index (χ0v) is 15.9. The number of pyridine rings is 1. The van der Waals surface area contributed by atoms with Crippen LogP contribution in [0.2, 0.25) is 0 Å². The topological polar surface area (TPSA) is 90.9 Å². The molecule has 0 aliphatic heterocycles. The third-order valence-electron chi connectivity index (χ3n) is 4.64. The Morgan fingerprint density at radius 1 is 1.10 bits per heavy atom. The Bertz CT molecular complexity index is 1200. The Labute approximate surface area is 172 Å². The van der Waals surface area contributed by atoms with Gasteiger partial charge in [0.15, 0.2) is 0 Å². The lowest BCUT2D eigenvalue weighted by molar-refractivity contribution is 0.0911. The summed E-state index contributed by atoms with van der Waals surface area (Å²) in [6, 6.07) is 18.2. The molecule has 3 N–H and O–H groups in total. The van der Waals surface area contributed by atoms with Crippen LogP contribution in [0.15, 0.2) is 66.7 Å². The maximum atomic E-state index is 13.4. The fourth-order valence-electron chi connectivity index (χ4n) is 3.10. The van der Waals surface area contributed by atoms with E-state index in [1.165, 1.54) is 12.1 Å². The van der Waals surface area contributed by atoms with Gasteiger partial charge in [-0.15, -0.1) is 0 Å². The van der Waals surface area contributed by atoms with Gasteiger partial charge in [0.25, 0.3) is 5.91 Å². The Morgan fingerprint density at radius 3 is 2.70 bits per heavy atom. The standard InChI is InChI=1S/C23H19FN4O2/c24-17-8-4-5-15(13-17)9-10-18-22-19(28-27-18)11-12-20(25-22)23(30)26-21(14-29)16-6-2-1-3-7-16/h1-13,21,29H,14H2,(H,26,30)(H,27,28)/b10-9+. The summed E-state index contributed by atoms with van der Waals surface area (Å²) in [4.78, 5) is 17.1. The number of carbonyl (C=O) groups excluding carboxylic acids is 1. The van der Waals surface area contributed by atoms with Crippen molar-refractivity contribution in [3.8, 4) is 0 Å². The predicted octanol–water partition coefficient (Wildman–Crippen LogP) is 3.73. The van der Waals surface area contributed by atoms with E-state index < -0.39 is 11.9 Å². The highest BCUT2D eigenvalue weighted by molar-refractivity contribution is 5.96. The summed E-state index contributed by atoms with van der Waals surface area (Å²) in [6.07, 6.45) is 3.44. The smallest absolute Gasteiger partial charge is 0.270 e. The van der Waals surface area contributed by atoms with Crippen molar-refractivity contribution in [2.75, 3.05) is 6.61 Å². The third-order valence-corrected chi connectivity index (χ3v) is 4.64. The number of aliphatic hydroxyl groups excluding tert-OH is 1. The summed E-state index contributed by atoms with van der Waals surface area (Å²) in [5.74, 6) is -0.723. The van der Waals surface area contributed by atoms with E-state index in [4.69, 9.17) is 0 Å². The molecule has 2 heterocycles. The molecule has 0 bridgehead atoms. The normalized spacial score (nSPS) is 12.3. The van der Waals surface area contributed by atoms with Gasteiger partial charge >= 0.3 is 0 Å². The number of fused-ring (bicyclic) bond motifs is 1. The van der Waals surface area contributed by atoms with Gasteiger partial charge in [-0.1, -0.05) is 48.5 Å². The van der Waals surface area contributed by atoms with Crippen LogP contribution in [-0.4, -0.2) is 32.8 Å². The van der Waals surface area contributed by atoms with Gasteiger partial charge in [-0.05, 0) is 41.5 Å². The number of rotatable bonds is 6. The number of hydrogen-bond acceptors (Lipinski definition) is 4. The molecule has 0 spiro atoms. The fourth-order valence-corrected chi connectivity index (χ4v) is 3.10. The minimum Gasteiger partial charge on any atom is -0.394 e. The van der Waals surface area contributed by atoms with Gasteiger partial charge in [-0.3, -0.25) is 9.89 Å². The van der Waals surface area contributed by atoms with Crippen molar-refractivity contribution in [2.24, 2.45) is 0 Å². The molecule has 0 saturated heterocycles. The monoisotopic (exact) mass is 402 g/mol. The molecule has 7 heteroatoms. The number of aliphatic hydroxyl groups is 1. The molecule has 4 rings (SSSR count). The molecule has 150 valence electrons. The zero-order valence-electron chi connectivity index (χ0n) is 15.9. The lowest BCUT2D eigenvalue weighted by Crippen LogP contribution is -2.31. The first-order valence-corrected chi connectivity index (χ1v) is 9.39. The van der Waals surface area contributed by atoms with Crippen molar-refractivity contribution in [3.05, 3.63) is 95.1 Å². The Balaban J connectivity index is 1.58. The number of nitrogens with one attached hydrogen (secondary N) is 2. The summed E-state index contributed by atoms with van der Waals surface area (Å²) in [5.41, 5.74) is 3.43. The molecule has 0 fully saturated rings. The number of aromatic amines is 1. The van der Waals surface area contributed by atoms with Crippen LogP contribution < -0.4 is 5.32 Å². The van der Waals surface area contributed by atoms with Gasteiger partial charge in [0, 0.05) is 0 Å². The molecule has 0 aliphatic carbocycles. The molecule has 1 unspecified atom stereocenters. The predicted molar refractivity (Wildman–Crippen MR) is 113 cm³/mol. The number of H-pyrrole nitrogens is 1. The summed E-state index contributed by atoms with van der Waals surface area (Å²) in [5, 5.41) is 19.6. The highest BCUT2D eigenvalue weighted by atomic mass is 19.1. The third kappa shape index (κ3) is 4.26. The number of amides is 1. The van der Waals surface area contributed by atoms with Gasteiger partial charge in [0.05, 0.1) is 18.2 Å². The maximum absolute atomic E-state index is 13.4. The van der Waals surface area contributed by atoms with E-state index in [1.54, 1.807) is 36.4 Å². The average Bonchev–Trinajstić information content (AvgIpc) is 3.19. The highest BCUT2D eigenvalue weighted by Gasteiger charge is 2.17. The van der Waals surface area contributed by atoms with Gasteiger partial charge < -0.3 is 10.4 Å². The van der Waals surface area contributed by atoms with Crippen molar-refractivity contribution in [1.29, 1.82) is 0 Å². The molecule has 1 amide bonds. The summed E-state index contributed by atoms with van der Waals surface area (Å²) >= 11 is 0. The first-order valence-electron chi connectivity index (χ1n) is 9.39. The van der Waals surface area contributed by atoms with Crippen LogP contribution in [0.1, 0.15) is 33.4 Å². The Morgan fingerprint density at radius 2 is 1.93 bits per heavy atom. The average molecular weight is 402 g/mol. The van der Waals surface area contributed by atoms with Crippen LogP contribution >= 0.6 is 0 Å². The Hall–Kier alpha value is -3.84. The van der Waals surface area contributed by atoms with Crippen molar-refractivity contribution in [2.45, 2.75) is 6.04 Å². The van der Waals surface area contributed by atoms with E-state index in [0.29, 0.717) is 22.3 Å². The second kappa shape index (κ2) is 8.67. The molecule has 1 atom stereocenters. The van der Waals surface area contributed by atoms with Crippen LogP contribution in [-0.2, 0) is 0 Å². The molecule has 2 aromatic heterocycles. The zero-order chi connectivity index (χ0) is 20.9. The molecule has 0 aliphatic rings. The van der Waals surface area contributed by atoms with Gasteiger partial charge in [-0.2, -0.15) is 5.10 Å². The molecular weight excluding hydrogens is 383 g/mol. The molecular formula is C23H19FN4O2. The van der Waals surface area contributed by atoms with Crippen LogP contribution in [0.5, 0.6) is 0 Å². The van der Waals surface area contributed by atoms with Gasteiger partial charge in [0.1, 0.15) is 22.7 Å². The summed E-state index contributed by atoms with van der Waals surface area (Å²) in [6.45, 7) is -0.231. The van der Waals surface area contributed by atoms with Crippen molar-refractivity contribution >= 4 is 29.1 Å². The second-order valence-electron chi connectivity index (χ2n) is 6.71. The fraction of sp³-hybridized carbons (Fsp3) is 0.0870. The van der Waals surface area contributed by atoms with Crippen molar-refractivity contribution in [3.63, 3.8) is 0 Å². The molecule has 0 radical (unpaired) electrons. The highest BCUT2D eigenvalue weighted by Crippen LogP contribution is 2.18. The first-order chi connectivity index (χ1) is 14.6. The van der Waals surface area contributed by atoms with Crippen LogP contribution in [0.25, 0.3) is 23.2 Å². The lowest BCUT2D eigenvalue weighted by atomic mass is 10.1. The summed E-state index contributed by atoms with van der Waals surface area (Å²) < 4.78 is 13.4. The van der Waals surface area contributed by atoms with E-state index >= 15 is 0 Å². The van der Waals surface area contributed by atoms with Crippen LogP contribution in [0.4, 0.5) is 4.39 Å². The maximum Gasteiger partial charge on any atom is 0.270 e. The van der Waals surface area contributed by atoms with E-state index in [-0.39, 0.29) is 18.1 Å². The Kier molecular flexibility index (Phi) is 5.63. The van der Waals surface area contributed by atoms with Crippen molar-refractivity contribution in [1.82, 2.24) is 20.5 Å². The molecule has 4 aromatic rings. The number of aromatic nitrogens is 3. The van der Waals surface area contributed by atoms with E-state index in [2.05, 4.69) is 20.5 Å². The largest absolute Gasteiger partial charge is 0.394 e. The van der Waals surface area contributed by atoms with Gasteiger partial charge in [-0.25, -0.2) is 9.37 Å². The number of benzene rings is 2. The summed E-state index contributed by atoms with van der Waals surface area (Å²) in [7, 11) is 0. The van der Waals surface area contributed by atoms with E-state index in [0.717, 1.165) is 5.56 Å².